The maximum Gasteiger partial charge on any atom is 0.175 e. The highest BCUT2D eigenvalue weighted by atomic mass is 35.5. The minimum atomic E-state index is -0.251. The Hall–Kier alpha value is -1.36. The van der Waals surface area contributed by atoms with Gasteiger partial charge in [0.05, 0.1) is 10.0 Å². The van der Waals surface area contributed by atoms with Crippen molar-refractivity contribution >= 4 is 51.9 Å². The zero-order valence-electron chi connectivity index (χ0n) is 10.5. The van der Waals surface area contributed by atoms with Crippen molar-refractivity contribution in [2.24, 2.45) is 0 Å². The van der Waals surface area contributed by atoms with Crippen LogP contribution in [-0.4, -0.2) is 5.11 Å². The molecule has 0 amide bonds. The van der Waals surface area contributed by atoms with E-state index in [4.69, 9.17) is 35.4 Å². The molecule has 2 aromatic carbocycles. The molecule has 0 heterocycles. The molecule has 0 aliphatic carbocycles. The Balaban J connectivity index is 2.04. The highest BCUT2D eigenvalue weighted by Gasteiger charge is 2.03. The highest BCUT2D eigenvalue weighted by Crippen LogP contribution is 2.25. The summed E-state index contributed by atoms with van der Waals surface area (Å²) in [7, 11) is 0. The fourth-order valence-corrected chi connectivity index (χ4v) is 2.12. The van der Waals surface area contributed by atoms with Gasteiger partial charge in [0.1, 0.15) is 5.82 Å². The van der Waals surface area contributed by atoms with Crippen LogP contribution in [-0.2, 0) is 0 Å². The van der Waals surface area contributed by atoms with Crippen LogP contribution in [0.1, 0.15) is 5.56 Å². The second-order valence-corrected chi connectivity index (χ2v) is 5.39. The Kier molecular flexibility index (Phi) is 4.81. The Morgan fingerprint density at radius 3 is 2.20 bits per heavy atom. The molecular weight excluding hydrogens is 318 g/mol. The van der Waals surface area contributed by atoms with E-state index in [9.17, 15) is 4.39 Å². The number of nitrogens with one attached hydrogen (secondary N) is 2. The van der Waals surface area contributed by atoms with Crippen LogP contribution in [0.15, 0.2) is 36.4 Å². The first-order chi connectivity index (χ1) is 9.45. The molecule has 0 fully saturated rings. The maximum absolute atomic E-state index is 13.2. The molecule has 0 spiro atoms. The molecule has 0 radical (unpaired) electrons. The summed E-state index contributed by atoms with van der Waals surface area (Å²) in [6, 6.07) is 9.80. The van der Waals surface area contributed by atoms with Crippen LogP contribution in [0.2, 0.25) is 10.0 Å². The fourth-order valence-electron chi connectivity index (χ4n) is 1.59. The van der Waals surface area contributed by atoms with Crippen molar-refractivity contribution in [2.45, 2.75) is 6.92 Å². The van der Waals surface area contributed by atoms with E-state index in [1.807, 2.05) is 0 Å². The van der Waals surface area contributed by atoms with E-state index in [0.29, 0.717) is 26.4 Å². The van der Waals surface area contributed by atoms with Gasteiger partial charge in [0.25, 0.3) is 0 Å². The van der Waals surface area contributed by atoms with E-state index in [1.165, 1.54) is 6.07 Å². The number of rotatable bonds is 2. The molecular formula is C14H11Cl2FN2S. The first-order valence-corrected chi connectivity index (χ1v) is 6.91. The van der Waals surface area contributed by atoms with Gasteiger partial charge in [-0.3, -0.25) is 0 Å². The number of anilines is 2. The Labute approximate surface area is 131 Å². The molecule has 6 heteroatoms. The predicted octanol–water partition coefficient (Wildman–Crippen LogP) is 5.25. The number of hydrogen-bond acceptors (Lipinski definition) is 1. The van der Waals surface area contributed by atoms with Crippen LogP contribution < -0.4 is 10.6 Å². The Morgan fingerprint density at radius 1 is 1.00 bits per heavy atom. The van der Waals surface area contributed by atoms with Gasteiger partial charge in [0, 0.05) is 11.4 Å². The summed E-state index contributed by atoms with van der Waals surface area (Å²) in [6.45, 7) is 1.69. The van der Waals surface area contributed by atoms with Crippen molar-refractivity contribution in [3.05, 3.63) is 57.8 Å². The van der Waals surface area contributed by atoms with Crippen LogP contribution in [0.4, 0.5) is 15.8 Å². The molecule has 0 atom stereocenters. The fraction of sp³-hybridized carbons (Fsp3) is 0.0714. The maximum atomic E-state index is 13.2. The van der Waals surface area contributed by atoms with E-state index >= 15 is 0 Å². The van der Waals surface area contributed by atoms with E-state index < -0.39 is 0 Å². The highest BCUT2D eigenvalue weighted by molar-refractivity contribution is 7.80. The lowest BCUT2D eigenvalue weighted by molar-refractivity contribution is 0.619. The second kappa shape index (κ2) is 6.39. The molecule has 2 rings (SSSR count). The van der Waals surface area contributed by atoms with Crippen LogP contribution in [0, 0.1) is 12.7 Å². The molecule has 0 unspecified atom stereocenters. The van der Waals surface area contributed by atoms with Crippen molar-refractivity contribution in [2.75, 3.05) is 10.6 Å². The monoisotopic (exact) mass is 328 g/mol. The lowest BCUT2D eigenvalue weighted by Crippen LogP contribution is -2.19. The lowest BCUT2D eigenvalue weighted by atomic mass is 10.2. The largest absolute Gasteiger partial charge is 0.332 e. The van der Waals surface area contributed by atoms with Gasteiger partial charge in [-0.1, -0.05) is 23.2 Å². The Morgan fingerprint density at radius 2 is 1.60 bits per heavy atom. The van der Waals surface area contributed by atoms with Gasteiger partial charge in [-0.15, -0.1) is 0 Å². The molecule has 0 saturated carbocycles. The van der Waals surface area contributed by atoms with Gasteiger partial charge in [0.15, 0.2) is 5.11 Å². The average molecular weight is 329 g/mol. The zero-order chi connectivity index (χ0) is 14.7. The lowest BCUT2D eigenvalue weighted by Gasteiger charge is -2.11. The number of benzene rings is 2. The van der Waals surface area contributed by atoms with Gasteiger partial charge in [0.2, 0.25) is 0 Å². The van der Waals surface area contributed by atoms with Crippen LogP contribution in [0.3, 0.4) is 0 Å². The third kappa shape index (κ3) is 3.82. The van der Waals surface area contributed by atoms with Gasteiger partial charge in [-0.2, -0.15) is 0 Å². The molecule has 0 aliphatic rings. The minimum absolute atomic E-state index is 0.251. The molecule has 2 N–H and O–H groups in total. The molecule has 20 heavy (non-hydrogen) atoms. The smallest absolute Gasteiger partial charge is 0.175 e. The van der Waals surface area contributed by atoms with Gasteiger partial charge >= 0.3 is 0 Å². The van der Waals surface area contributed by atoms with Crippen molar-refractivity contribution in [3.8, 4) is 0 Å². The second-order valence-electron chi connectivity index (χ2n) is 4.17. The first kappa shape index (κ1) is 15.0. The van der Waals surface area contributed by atoms with E-state index in [1.54, 1.807) is 37.3 Å². The van der Waals surface area contributed by atoms with Gasteiger partial charge < -0.3 is 10.6 Å². The molecule has 0 bridgehead atoms. The summed E-state index contributed by atoms with van der Waals surface area (Å²) in [6.07, 6.45) is 0. The standard InChI is InChI=1S/C14H11Cl2FN2S/c1-8-6-9(3-5-13(8)17)18-14(20)19-10-2-4-11(15)12(16)7-10/h2-7H,1H3,(H2,18,19,20). The number of thiocarbonyl (C=S) groups is 1. The number of aryl methyl sites for hydroxylation is 1. The predicted molar refractivity (Wildman–Crippen MR) is 87.4 cm³/mol. The minimum Gasteiger partial charge on any atom is -0.332 e. The zero-order valence-corrected chi connectivity index (χ0v) is 12.8. The first-order valence-electron chi connectivity index (χ1n) is 5.75. The molecule has 0 saturated heterocycles. The van der Waals surface area contributed by atoms with Crippen molar-refractivity contribution in [3.63, 3.8) is 0 Å². The third-order valence-electron chi connectivity index (χ3n) is 2.59. The van der Waals surface area contributed by atoms with Gasteiger partial charge in [-0.05, 0) is 61.1 Å². The van der Waals surface area contributed by atoms with Crippen molar-refractivity contribution in [1.29, 1.82) is 0 Å². The molecule has 2 nitrogen and oxygen atoms in total. The summed E-state index contributed by atoms with van der Waals surface area (Å²) < 4.78 is 13.2. The third-order valence-corrected chi connectivity index (χ3v) is 3.54. The van der Waals surface area contributed by atoms with E-state index in [-0.39, 0.29) is 5.82 Å². The summed E-state index contributed by atoms with van der Waals surface area (Å²) in [5.41, 5.74) is 1.98. The molecule has 104 valence electrons. The summed E-state index contributed by atoms with van der Waals surface area (Å²) in [5, 5.41) is 7.25. The van der Waals surface area contributed by atoms with Gasteiger partial charge in [-0.25, -0.2) is 4.39 Å². The number of hydrogen-bond donors (Lipinski definition) is 2. The molecule has 0 aliphatic heterocycles. The topological polar surface area (TPSA) is 24.1 Å². The summed E-state index contributed by atoms with van der Waals surface area (Å²) >= 11 is 16.9. The van der Waals surface area contributed by atoms with Crippen LogP contribution in [0.25, 0.3) is 0 Å². The summed E-state index contributed by atoms with van der Waals surface area (Å²) in [5.74, 6) is -0.251. The van der Waals surface area contributed by atoms with Crippen molar-refractivity contribution in [1.82, 2.24) is 0 Å². The van der Waals surface area contributed by atoms with Crippen LogP contribution in [0.5, 0.6) is 0 Å². The van der Waals surface area contributed by atoms with E-state index in [0.717, 1.165) is 5.69 Å². The van der Waals surface area contributed by atoms with Crippen molar-refractivity contribution < 1.29 is 4.39 Å². The Bertz CT molecular complexity index is 606. The quantitative estimate of drug-likeness (QED) is 0.736. The SMILES string of the molecule is Cc1cc(NC(=S)Nc2ccc(Cl)c(Cl)c2)ccc1F. The summed E-state index contributed by atoms with van der Waals surface area (Å²) in [4.78, 5) is 0. The van der Waals surface area contributed by atoms with E-state index in [2.05, 4.69) is 10.6 Å². The average Bonchev–Trinajstić information content (AvgIpc) is 2.38. The molecule has 0 aromatic heterocycles. The normalized spacial score (nSPS) is 10.2. The number of halogens is 3. The molecule has 2 aromatic rings. The van der Waals surface area contributed by atoms with Crippen LogP contribution >= 0.6 is 35.4 Å².